The molecule has 1 aromatic rings. The molecule has 0 aliphatic carbocycles. The molecule has 0 spiro atoms. The van der Waals surface area contributed by atoms with E-state index in [-0.39, 0.29) is 0 Å². The Balaban J connectivity index is 2.13. The molecule has 2 nitrogen and oxygen atoms in total. The van der Waals surface area contributed by atoms with Crippen molar-refractivity contribution < 1.29 is 4.74 Å². The predicted molar refractivity (Wildman–Crippen MR) is 61.3 cm³/mol. The molecule has 1 fully saturated rings. The minimum Gasteiger partial charge on any atom is -0.469 e. The zero-order valence-corrected chi connectivity index (χ0v) is 9.17. The van der Waals surface area contributed by atoms with Crippen molar-refractivity contribution in [3.63, 3.8) is 0 Å². The quantitative estimate of drug-likeness (QED) is 0.705. The molecule has 1 aromatic carbocycles. The fraction of sp³-hybridized carbons (Fsp3) is 0.364. The average molecular weight is 207 g/mol. The van der Waals surface area contributed by atoms with E-state index in [0.717, 1.165) is 16.7 Å². The number of hydrogen-bond acceptors (Lipinski definition) is 3. The van der Waals surface area contributed by atoms with Gasteiger partial charge in [-0.05, 0) is 26.0 Å². The van der Waals surface area contributed by atoms with Crippen molar-refractivity contribution in [1.82, 2.24) is 0 Å². The molecule has 0 unspecified atom stereocenters. The summed E-state index contributed by atoms with van der Waals surface area (Å²) in [6.45, 7) is 4.13. The number of rotatable bonds is 1. The van der Waals surface area contributed by atoms with E-state index in [2.05, 4.69) is 31.0 Å². The van der Waals surface area contributed by atoms with E-state index in [1.165, 1.54) is 5.56 Å². The topological polar surface area (TPSA) is 21.6 Å². The van der Waals surface area contributed by atoms with Gasteiger partial charge < -0.3 is 4.74 Å². The molecule has 0 amide bonds. The normalized spacial score (nSPS) is 23.9. The van der Waals surface area contributed by atoms with Crippen LogP contribution in [0.5, 0.6) is 0 Å². The second kappa shape index (κ2) is 4.05. The zero-order valence-electron chi connectivity index (χ0n) is 8.36. The minimum atomic E-state index is 0.296. The van der Waals surface area contributed by atoms with E-state index in [1.54, 1.807) is 11.8 Å². The number of thioether (sulfide) groups is 1. The van der Waals surface area contributed by atoms with Crippen LogP contribution in [0.2, 0.25) is 0 Å². The van der Waals surface area contributed by atoms with Gasteiger partial charge in [-0.2, -0.15) is 0 Å². The Morgan fingerprint density at radius 3 is 2.64 bits per heavy atom. The molecule has 14 heavy (non-hydrogen) atoms. The van der Waals surface area contributed by atoms with E-state index < -0.39 is 0 Å². The van der Waals surface area contributed by atoms with Crippen molar-refractivity contribution in [2.24, 2.45) is 4.99 Å². The number of ether oxygens (including phenoxy) is 1. The first-order valence-corrected chi connectivity index (χ1v) is 5.67. The lowest BCUT2D eigenvalue weighted by Crippen LogP contribution is -2.02. The fourth-order valence-electron chi connectivity index (χ4n) is 1.21. The number of aliphatic imine (C=N–C) groups is 1. The fourth-order valence-corrected chi connectivity index (χ4v) is 2.06. The van der Waals surface area contributed by atoms with Crippen LogP contribution in [-0.2, 0) is 4.74 Å². The Bertz CT molecular complexity index is 345. The van der Waals surface area contributed by atoms with Crippen LogP contribution >= 0.6 is 11.8 Å². The summed E-state index contributed by atoms with van der Waals surface area (Å²) in [6.07, 6.45) is 0.296. The van der Waals surface area contributed by atoms with Crippen LogP contribution in [0.25, 0.3) is 0 Å². The highest BCUT2D eigenvalue weighted by molar-refractivity contribution is 8.13. The Morgan fingerprint density at radius 2 is 2.07 bits per heavy atom. The number of benzene rings is 1. The van der Waals surface area contributed by atoms with Crippen LogP contribution in [-0.4, -0.2) is 17.1 Å². The Kier molecular flexibility index (Phi) is 2.77. The van der Waals surface area contributed by atoms with Gasteiger partial charge in [-0.25, -0.2) is 4.99 Å². The molecule has 0 saturated carbocycles. The molecule has 1 aliphatic heterocycles. The summed E-state index contributed by atoms with van der Waals surface area (Å²) in [4.78, 5) is 4.41. The molecule has 1 heterocycles. The van der Waals surface area contributed by atoms with Gasteiger partial charge in [0.25, 0.3) is 5.23 Å². The summed E-state index contributed by atoms with van der Waals surface area (Å²) in [5.41, 5.74) is 2.22. The average Bonchev–Trinajstić information content (AvgIpc) is 2.56. The van der Waals surface area contributed by atoms with Crippen molar-refractivity contribution in [2.75, 3.05) is 5.75 Å². The first-order valence-electron chi connectivity index (χ1n) is 4.69. The SMILES string of the molecule is Cc1ccc(N=C2O[C@@H](C)CS2)cc1. The van der Waals surface area contributed by atoms with Gasteiger partial charge in [0.1, 0.15) is 6.10 Å². The third kappa shape index (κ3) is 2.29. The van der Waals surface area contributed by atoms with Crippen LogP contribution < -0.4 is 0 Å². The largest absolute Gasteiger partial charge is 0.469 e. The highest BCUT2D eigenvalue weighted by Gasteiger charge is 2.17. The number of hydrogen-bond donors (Lipinski definition) is 0. The molecule has 3 heteroatoms. The van der Waals surface area contributed by atoms with E-state index >= 15 is 0 Å². The minimum absolute atomic E-state index is 0.296. The lowest BCUT2D eigenvalue weighted by atomic mass is 10.2. The highest BCUT2D eigenvalue weighted by Crippen LogP contribution is 2.23. The molecule has 74 valence electrons. The van der Waals surface area contributed by atoms with Crippen LogP contribution in [0, 0.1) is 6.92 Å². The first-order chi connectivity index (χ1) is 6.74. The van der Waals surface area contributed by atoms with Gasteiger partial charge >= 0.3 is 0 Å². The molecule has 1 aliphatic rings. The maximum atomic E-state index is 5.51. The summed E-state index contributed by atoms with van der Waals surface area (Å²) in [7, 11) is 0. The van der Waals surface area contributed by atoms with Gasteiger partial charge in [-0.15, -0.1) is 0 Å². The lowest BCUT2D eigenvalue weighted by molar-refractivity contribution is 0.252. The summed E-state index contributed by atoms with van der Waals surface area (Å²) in [6, 6.07) is 8.13. The van der Waals surface area contributed by atoms with Gasteiger partial charge in [0.15, 0.2) is 0 Å². The standard InChI is InChI=1S/C11H13NOS/c1-8-3-5-10(6-4-8)12-11-13-9(2)7-14-11/h3-6,9H,7H2,1-2H3/t9-/m0/s1. The molecular weight excluding hydrogens is 194 g/mol. The van der Waals surface area contributed by atoms with E-state index in [4.69, 9.17) is 4.74 Å². The number of aryl methyl sites for hydroxylation is 1. The molecule has 1 atom stereocenters. The summed E-state index contributed by atoms with van der Waals surface area (Å²) >= 11 is 1.68. The van der Waals surface area contributed by atoms with Crippen molar-refractivity contribution in [2.45, 2.75) is 20.0 Å². The predicted octanol–water partition coefficient (Wildman–Crippen LogP) is 3.13. The molecule has 2 rings (SSSR count). The second-order valence-corrected chi connectivity index (χ2v) is 4.42. The van der Waals surface area contributed by atoms with E-state index in [9.17, 15) is 0 Å². The monoisotopic (exact) mass is 207 g/mol. The Morgan fingerprint density at radius 1 is 1.36 bits per heavy atom. The third-order valence-electron chi connectivity index (χ3n) is 2.00. The Labute approximate surface area is 88.4 Å². The molecule has 0 bridgehead atoms. The lowest BCUT2D eigenvalue weighted by Gasteiger charge is -2.00. The van der Waals surface area contributed by atoms with Gasteiger partial charge in [0, 0.05) is 5.75 Å². The molecule has 0 radical (unpaired) electrons. The number of nitrogens with zero attached hydrogens (tertiary/aromatic N) is 1. The second-order valence-electron chi connectivity index (χ2n) is 3.45. The van der Waals surface area contributed by atoms with Crippen LogP contribution in [0.1, 0.15) is 12.5 Å². The molecular formula is C11H13NOS. The van der Waals surface area contributed by atoms with E-state index in [0.29, 0.717) is 6.10 Å². The van der Waals surface area contributed by atoms with Gasteiger partial charge in [-0.1, -0.05) is 29.5 Å². The summed E-state index contributed by atoms with van der Waals surface area (Å²) in [5.74, 6) is 1.00. The maximum absolute atomic E-state index is 5.51. The van der Waals surface area contributed by atoms with Gasteiger partial charge in [0.05, 0.1) is 5.69 Å². The first kappa shape index (κ1) is 9.59. The van der Waals surface area contributed by atoms with Gasteiger partial charge in [0.2, 0.25) is 0 Å². The van der Waals surface area contributed by atoms with Crippen LogP contribution in [0.15, 0.2) is 29.3 Å². The summed E-state index contributed by atoms with van der Waals surface area (Å²) in [5, 5.41) is 0.793. The van der Waals surface area contributed by atoms with Gasteiger partial charge in [-0.3, -0.25) is 0 Å². The zero-order chi connectivity index (χ0) is 9.97. The van der Waals surface area contributed by atoms with Crippen molar-refractivity contribution in [3.8, 4) is 0 Å². The van der Waals surface area contributed by atoms with Crippen LogP contribution in [0.4, 0.5) is 5.69 Å². The maximum Gasteiger partial charge on any atom is 0.251 e. The van der Waals surface area contributed by atoms with Crippen molar-refractivity contribution in [1.29, 1.82) is 0 Å². The molecule has 1 saturated heterocycles. The van der Waals surface area contributed by atoms with E-state index in [1.807, 2.05) is 12.1 Å². The molecule has 0 N–H and O–H groups in total. The van der Waals surface area contributed by atoms with Crippen molar-refractivity contribution in [3.05, 3.63) is 29.8 Å². The smallest absolute Gasteiger partial charge is 0.251 e. The summed E-state index contributed by atoms with van der Waals surface area (Å²) < 4.78 is 5.51. The van der Waals surface area contributed by atoms with Crippen LogP contribution in [0.3, 0.4) is 0 Å². The van der Waals surface area contributed by atoms with Crippen molar-refractivity contribution >= 4 is 22.7 Å². The Hall–Kier alpha value is -0.960. The third-order valence-corrected chi connectivity index (χ3v) is 3.07. The highest BCUT2D eigenvalue weighted by atomic mass is 32.2. The molecule has 0 aromatic heterocycles.